The van der Waals surface area contributed by atoms with Crippen LogP contribution in [0.2, 0.25) is 0 Å². The first-order valence-electron chi connectivity index (χ1n) is 11.3. The lowest BCUT2D eigenvalue weighted by Gasteiger charge is -2.31. The van der Waals surface area contributed by atoms with Crippen molar-refractivity contribution in [2.45, 2.75) is 11.9 Å². The highest BCUT2D eigenvalue weighted by atomic mass is 19.4. The summed E-state index contributed by atoms with van der Waals surface area (Å²) in [7, 11) is 0. The normalized spacial score (nSPS) is 16.9. The zero-order valence-electron chi connectivity index (χ0n) is 19.0. The van der Waals surface area contributed by atoms with Gasteiger partial charge in [-0.1, -0.05) is 36.4 Å². The molecule has 10 heteroatoms. The molecule has 2 heterocycles. The molecule has 4 aromatic rings. The highest BCUT2D eigenvalue weighted by Gasteiger charge is 2.48. The fraction of sp³-hybridized carbons (Fsp3) is 0.111. The van der Waals surface area contributed by atoms with Gasteiger partial charge in [-0.3, -0.25) is 9.59 Å². The van der Waals surface area contributed by atoms with Crippen molar-refractivity contribution in [3.8, 4) is 17.1 Å². The summed E-state index contributed by atoms with van der Waals surface area (Å²) in [6.45, 7) is -0.284. The summed E-state index contributed by atoms with van der Waals surface area (Å²) in [5.74, 6) is -0.423. The Morgan fingerprint density at radius 3 is 2.30 bits per heavy atom. The van der Waals surface area contributed by atoms with Gasteiger partial charge in [-0.05, 0) is 65.4 Å². The first kappa shape index (κ1) is 22.9. The monoisotopic (exact) mass is 502 g/mol. The first-order valence-corrected chi connectivity index (χ1v) is 11.3. The fourth-order valence-corrected chi connectivity index (χ4v) is 4.39. The van der Waals surface area contributed by atoms with Gasteiger partial charge in [0.25, 0.3) is 5.91 Å². The van der Waals surface area contributed by atoms with E-state index in [0.29, 0.717) is 5.56 Å². The zero-order valence-corrected chi connectivity index (χ0v) is 19.0. The minimum atomic E-state index is -4.51. The van der Waals surface area contributed by atoms with Crippen LogP contribution in [0.5, 0.6) is 0 Å². The lowest BCUT2D eigenvalue weighted by atomic mass is 10.1. The Bertz CT molecular complexity index is 1600. The lowest BCUT2D eigenvalue weighted by molar-refractivity contribution is -0.137. The van der Waals surface area contributed by atoms with Gasteiger partial charge < -0.3 is 4.74 Å². The largest absolute Gasteiger partial charge is 0.416 e. The van der Waals surface area contributed by atoms with Gasteiger partial charge in [-0.2, -0.15) is 22.8 Å². The van der Waals surface area contributed by atoms with Crippen LogP contribution in [0.15, 0.2) is 91.0 Å². The van der Waals surface area contributed by atoms with Crippen LogP contribution >= 0.6 is 0 Å². The third kappa shape index (κ3) is 3.91. The molecular formula is C27H17F3N4O3. The van der Waals surface area contributed by atoms with Crippen molar-refractivity contribution in [3.63, 3.8) is 0 Å². The number of ketones is 1. The van der Waals surface area contributed by atoms with Crippen LogP contribution in [-0.4, -0.2) is 38.8 Å². The summed E-state index contributed by atoms with van der Waals surface area (Å²) in [6, 6.07) is 17.8. The molecule has 3 aromatic carbocycles. The minimum Gasteiger partial charge on any atom is -0.338 e. The molecule has 0 N–H and O–H groups in total. The molecular weight excluding hydrogens is 485 g/mol. The minimum absolute atomic E-state index is 0.0362. The second kappa shape index (κ2) is 8.24. The number of ether oxygens (including phenoxy) is 1. The van der Waals surface area contributed by atoms with Crippen molar-refractivity contribution < 1.29 is 27.5 Å². The molecule has 37 heavy (non-hydrogen) atoms. The second-order valence-corrected chi connectivity index (χ2v) is 8.59. The molecule has 7 nitrogen and oxygen atoms in total. The van der Waals surface area contributed by atoms with Gasteiger partial charge >= 0.3 is 6.18 Å². The Hall–Kier alpha value is -4.57. The number of allylic oxidation sites excluding steroid dienone is 2. The number of carbonyl (C=O) groups excluding carboxylic acids is 2. The van der Waals surface area contributed by atoms with Gasteiger partial charge in [0.2, 0.25) is 5.95 Å². The number of benzene rings is 3. The molecule has 2 aliphatic rings. The van der Waals surface area contributed by atoms with Gasteiger partial charge in [0.1, 0.15) is 6.61 Å². The number of hydrogen-bond acceptors (Lipinski definition) is 5. The number of halogens is 3. The van der Waals surface area contributed by atoms with Crippen LogP contribution in [-0.2, 0) is 20.5 Å². The molecule has 0 atom stereocenters. The summed E-state index contributed by atoms with van der Waals surface area (Å²) >= 11 is 0. The Morgan fingerprint density at radius 1 is 0.892 bits per heavy atom. The molecule has 1 aliphatic carbocycles. The summed E-state index contributed by atoms with van der Waals surface area (Å²) in [5, 5.41) is 6.54. The smallest absolute Gasteiger partial charge is 0.338 e. The van der Waals surface area contributed by atoms with Crippen molar-refractivity contribution in [2.24, 2.45) is 0 Å². The number of aromatic nitrogens is 3. The van der Waals surface area contributed by atoms with Crippen LogP contribution < -0.4 is 4.90 Å². The topological polar surface area (TPSA) is 77.3 Å². The summed E-state index contributed by atoms with van der Waals surface area (Å²) < 4.78 is 46.6. The highest BCUT2D eigenvalue weighted by molar-refractivity contribution is 6.03. The number of nitrogens with zero attached hydrogens (tertiary/aromatic N) is 4. The van der Waals surface area contributed by atoms with Gasteiger partial charge in [-0.15, -0.1) is 5.10 Å². The summed E-state index contributed by atoms with van der Waals surface area (Å²) in [5.41, 5.74) is -1.32. The van der Waals surface area contributed by atoms with Crippen LogP contribution in [0.3, 0.4) is 0 Å². The van der Waals surface area contributed by atoms with E-state index >= 15 is 0 Å². The van der Waals surface area contributed by atoms with E-state index in [1.54, 1.807) is 0 Å². The molecule has 1 aliphatic heterocycles. The molecule has 1 amide bonds. The maximum atomic E-state index is 13.2. The maximum absolute atomic E-state index is 13.2. The highest BCUT2D eigenvalue weighted by Crippen LogP contribution is 2.37. The third-order valence-electron chi connectivity index (χ3n) is 6.24. The molecule has 6 rings (SSSR count). The quantitative estimate of drug-likeness (QED) is 0.400. The fourth-order valence-electron chi connectivity index (χ4n) is 4.39. The summed E-state index contributed by atoms with van der Waals surface area (Å²) in [6.07, 6.45) is 0.958. The predicted molar refractivity (Wildman–Crippen MR) is 129 cm³/mol. The third-order valence-corrected chi connectivity index (χ3v) is 6.24. The van der Waals surface area contributed by atoms with E-state index in [1.807, 2.05) is 42.5 Å². The van der Waals surface area contributed by atoms with Crippen molar-refractivity contribution >= 4 is 28.4 Å². The number of anilines is 1. The number of carbonyl (C=O) groups is 2. The Kier molecular flexibility index (Phi) is 5.09. The van der Waals surface area contributed by atoms with Gasteiger partial charge in [0.05, 0.1) is 11.3 Å². The average Bonchev–Trinajstić information content (AvgIpc) is 3.46. The number of fused-ring (bicyclic) bond motifs is 1. The van der Waals surface area contributed by atoms with Gasteiger partial charge in [0, 0.05) is 5.56 Å². The number of rotatable bonds is 3. The van der Waals surface area contributed by atoms with Crippen molar-refractivity contribution in [3.05, 3.63) is 96.6 Å². The Labute approximate surface area is 208 Å². The van der Waals surface area contributed by atoms with E-state index in [-0.39, 0.29) is 29.9 Å². The van der Waals surface area contributed by atoms with E-state index in [1.165, 1.54) is 46.0 Å². The van der Waals surface area contributed by atoms with E-state index in [2.05, 4.69) is 10.1 Å². The molecule has 0 bridgehead atoms. The van der Waals surface area contributed by atoms with Gasteiger partial charge in [0.15, 0.2) is 17.3 Å². The number of amides is 1. The van der Waals surface area contributed by atoms with E-state index in [0.717, 1.165) is 22.9 Å². The second-order valence-electron chi connectivity index (χ2n) is 8.59. The number of alkyl halides is 3. The van der Waals surface area contributed by atoms with Crippen LogP contribution in [0.1, 0.15) is 5.56 Å². The zero-order chi connectivity index (χ0) is 25.8. The summed E-state index contributed by atoms with van der Waals surface area (Å²) in [4.78, 5) is 30.7. The molecule has 1 spiro atoms. The molecule has 1 aromatic heterocycles. The molecule has 0 radical (unpaired) electrons. The molecule has 0 unspecified atom stereocenters. The molecule has 184 valence electrons. The van der Waals surface area contributed by atoms with Crippen molar-refractivity contribution in [1.29, 1.82) is 0 Å². The Balaban J connectivity index is 1.53. The predicted octanol–water partition coefficient (Wildman–Crippen LogP) is 4.86. The van der Waals surface area contributed by atoms with E-state index in [4.69, 9.17) is 4.74 Å². The van der Waals surface area contributed by atoms with E-state index < -0.39 is 23.4 Å². The van der Waals surface area contributed by atoms with E-state index in [9.17, 15) is 22.8 Å². The first-order chi connectivity index (χ1) is 17.7. The van der Waals surface area contributed by atoms with Crippen LogP contribution in [0.25, 0.3) is 27.8 Å². The standard InChI is InChI=1S/C27H17F3N4O3/c28-27(29,30)20-7-9-21(10-8-20)34-25(33-23(36)16-37-26(33)13-11-22(35)12-14-26)31-24(32-34)19-6-5-17-3-1-2-4-18(17)15-19/h1-15H,16H2. The van der Waals surface area contributed by atoms with Crippen molar-refractivity contribution in [2.75, 3.05) is 11.5 Å². The SMILES string of the molecule is O=C1C=CC2(C=C1)OCC(=O)N2c1nc(-c2ccc3ccccc3c2)nn1-c1ccc(C(F)(F)F)cc1. The maximum Gasteiger partial charge on any atom is 0.416 e. The molecule has 1 saturated heterocycles. The molecule has 1 fully saturated rings. The van der Waals surface area contributed by atoms with Crippen LogP contribution in [0, 0.1) is 0 Å². The lowest BCUT2D eigenvalue weighted by Crippen LogP contribution is -2.46. The molecule has 0 saturated carbocycles. The average molecular weight is 502 g/mol. The number of hydrogen-bond donors (Lipinski definition) is 0. The Morgan fingerprint density at radius 2 is 1.59 bits per heavy atom. The van der Waals surface area contributed by atoms with Gasteiger partial charge in [-0.25, -0.2) is 4.90 Å². The van der Waals surface area contributed by atoms with Crippen LogP contribution in [0.4, 0.5) is 19.1 Å². The van der Waals surface area contributed by atoms with Crippen molar-refractivity contribution in [1.82, 2.24) is 14.8 Å².